The van der Waals surface area contributed by atoms with E-state index < -0.39 is 11.8 Å². The number of hydrogen-bond acceptors (Lipinski definition) is 5. The summed E-state index contributed by atoms with van der Waals surface area (Å²) >= 11 is 0. The van der Waals surface area contributed by atoms with Crippen molar-refractivity contribution in [3.8, 4) is 0 Å². The Hall–Kier alpha value is -2.44. The number of hydrogen-bond donors (Lipinski definition) is 1. The maximum absolute atomic E-state index is 13.9. The molecule has 6 heteroatoms. The van der Waals surface area contributed by atoms with Gasteiger partial charge in [-0.1, -0.05) is 24.3 Å². The van der Waals surface area contributed by atoms with Gasteiger partial charge in [-0.25, -0.2) is 14.7 Å². The van der Waals surface area contributed by atoms with Crippen LogP contribution in [-0.2, 0) is 20.9 Å². The number of carbonyl (C=O) groups excluding carboxylic acids is 1. The van der Waals surface area contributed by atoms with Crippen LogP contribution in [0.4, 0.5) is 10.1 Å². The molecule has 0 radical (unpaired) electrons. The molecule has 0 bridgehead atoms. The first-order chi connectivity index (χ1) is 11.2. The van der Waals surface area contributed by atoms with Gasteiger partial charge in [0.1, 0.15) is 5.82 Å². The molecule has 2 aromatic rings. The molecule has 0 unspecified atom stereocenters. The van der Waals surface area contributed by atoms with E-state index in [1.807, 2.05) is 0 Å². The summed E-state index contributed by atoms with van der Waals surface area (Å²) in [6, 6.07) is 12.9. The maximum atomic E-state index is 13.9. The number of carbonyl (C=O) groups is 1. The van der Waals surface area contributed by atoms with Crippen LogP contribution in [0.25, 0.3) is 0 Å². The van der Waals surface area contributed by atoms with E-state index in [0.717, 1.165) is 0 Å². The number of rotatable bonds is 8. The lowest BCUT2D eigenvalue weighted by molar-refractivity contribution is 0.0593. The molecule has 0 heterocycles. The fraction of sp³-hybridized carbons (Fsp3) is 0.235. The summed E-state index contributed by atoms with van der Waals surface area (Å²) in [6.45, 7) is 1.00. The SMILES string of the molecule is COCCOCc1ccc(NOC(=O)c2ccccc2)cc1F. The highest BCUT2D eigenvalue weighted by molar-refractivity contribution is 5.89. The Labute approximate surface area is 133 Å². The van der Waals surface area contributed by atoms with Crippen LogP contribution in [0.5, 0.6) is 0 Å². The number of methoxy groups -OCH3 is 1. The zero-order valence-corrected chi connectivity index (χ0v) is 12.8. The van der Waals surface area contributed by atoms with Crippen LogP contribution in [0.3, 0.4) is 0 Å². The number of ether oxygens (including phenoxy) is 2. The van der Waals surface area contributed by atoms with Crippen molar-refractivity contribution in [3.63, 3.8) is 0 Å². The van der Waals surface area contributed by atoms with E-state index in [1.165, 1.54) is 6.07 Å². The molecular formula is C17H18FNO4. The van der Waals surface area contributed by atoms with Gasteiger partial charge in [-0.2, -0.15) is 0 Å². The standard InChI is InChI=1S/C17H18FNO4/c1-21-9-10-22-12-14-7-8-15(11-16(14)18)19-23-17(20)13-5-3-2-4-6-13/h2-8,11,19H,9-10,12H2,1H3. The zero-order chi connectivity index (χ0) is 16.5. The summed E-state index contributed by atoms with van der Waals surface area (Å²) in [4.78, 5) is 16.7. The van der Waals surface area contributed by atoms with E-state index in [1.54, 1.807) is 49.6 Å². The van der Waals surface area contributed by atoms with Crippen molar-refractivity contribution in [2.75, 3.05) is 25.8 Å². The van der Waals surface area contributed by atoms with E-state index in [2.05, 4.69) is 5.48 Å². The molecule has 0 amide bonds. The van der Waals surface area contributed by atoms with Gasteiger partial charge in [0.2, 0.25) is 0 Å². The Balaban J connectivity index is 1.86. The maximum Gasteiger partial charge on any atom is 0.362 e. The molecular weight excluding hydrogens is 301 g/mol. The van der Waals surface area contributed by atoms with Crippen LogP contribution in [0.1, 0.15) is 15.9 Å². The van der Waals surface area contributed by atoms with Gasteiger partial charge in [0.25, 0.3) is 0 Å². The normalized spacial score (nSPS) is 10.3. The highest BCUT2D eigenvalue weighted by atomic mass is 19.1. The molecule has 0 aromatic heterocycles. The number of nitrogens with one attached hydrogen (secondary N) is 1. The molecule has 1 N–H and O–H groups in total. The van der Waals surface area contributed by atoms with Crippen LogP contribution in [0.15, 0.2) is 48.5 Å². The average molecular weight is 319 g/mol. The molecule has 0 atom stereocenters. The second-order valence-corrected chi connectivity index (χ2v) is 4.71. The van der Waals surface area contributed by atoms with Crippen LogP contribution < -0.4 is 5.48 Å². The summed E-state index contributed by atoms with van der Waals surface area (Å²) in [6.07, 6.45) is 0. The summed E-state index contributed by atoms with van der Waals surface area (Å²) in [5.74, 6) is -0.985. The van der Waals surface area contributed by atoms with Crippen molar-refractivity contribution in [2.45, 2.75) is 6.61 Å². The molecule has 0 spiro atoms. The molecule has 0 aliphatic heterocycles. The molecule has 0 aliphatic rings. The highest BCUT2D eigenvalue weighted by Crippen LogP contribution is 2.16. The minimum atomic E-state index is -0.544. The Morgan fingerprint density at radius 1 is 1.13 bits per heavy atom. The fourth-order valence-corrected chi connectivity index (χ4v) is 1.79. The first kappa shape index (κ1) is 16.9. The molecule has 0 saturated carbocycles. The lowest BCUT2D eigenvalue weighted by atomic mass is 10.2. The highest BCUT2D eigenvalue weighted by Gasteiger charge is 2.08. The molecule has 0 aliphatic carbocycles. The van der Waals surface area contributed by atoms with Crippen molar-refractivity contribution in [1.29, 1.82) is 0 Å². The van der Waals surface area contributed by atoms with Crippen molar-refractivity contribution < 1.29 is 23.5 Å². The zero-order valence-electron chi connectivity index (χ0n) is 12.8. The van der Waals surface area contributed by atoms with Crippen LogP contribution in [0.2, 0.25) is 0 Å². The van der Waals surface area contributed by atoms with Gasteiger partial charge in [0, 0.05) is 18.7 Å². The lowest BCUT2D eigenvalue weighted by Gasteiger charge is -2.09. The molecule has 122 valence electrons. The summed E-state index contributed by atoms with van der Waals surface area (Å²) in [5.41, 5.74) is 3.60. The quantitative estimate of drug-likeness (QED) is 0.598. The van der Waals surface area contributed by atoms with Gasteiger partial charge in [-0.05, 0) is 18.2 Å². The second kappa shape index (κ2) is 8.87. The summed E-state index contributed by atoms with van der Waals surface area (Å²) in [5, 5.41) is 0. The Morgan fingerprint density at radius 2 is 1.91 bits per heavy atom. The number of halogens is 1. The molecule has 0 fully saturated rings. The second-order valence-electron chi connectivity index (χ2n) is 4.71. The lowest BCUT2D eigenvalue weighted by Crippen LogP contribution is -2.11. The van der Waals surface area contributed by atoms with Crippen LogP contribution in [-0.4, -0.2) is 26.3 Å². The monoisotopic (exact) mass is 319 g/mol. The van der Waals surface area contributed by atoms with E-state index >= 15 is 0 Å². The summed E-state index contributed by atoms with van der Waals surface area (Å²) in [7, 11) is 1.57. The van der Waals surface area contributed by atoms with Crippen LogP contribution in [0, 0.1) is 5.82 Å². The van der Waals surface area contributed by atoms with Crippen molar-refractivity contribution in [3.05, 3.63) is 65.5 Å². The third-order valence-electron chi connectivity index (χ3n) is 3.01. The van der Waals surface area contributed by atoms with Gasteiger partial charge < -0.3 is 14.3 Å². The minimum Gasteiger partial charge on any atom is -0.382 e. The topological polar surface area (TPSA) is 56.8 Å². The fourth-order valence-electron chi connectivity index (χ4n) is 1.79. The van der Waals surface area contributed by atoms with Crippen molar-refractivity contribution >= 4 is 11.7 Å². The molecule has 2 rings (SSSR count). The van der Waals surface area contributed by atoms with Gasteiger partial charge in [-0.3, -0.25) is 0 Å². The van der Waals surface area contributed by atoms with Gasteiger partial charge in [0.05, 0.1) is 31.1 Å². The van der Waals surface area contributed by atoms with Crippen LogP contribution >= 0.6 is 0 Å². The predicted molar refractivity (Wildman–Crippen MR) is 83.4 cm³/mol. The van der Waals surface area contributed by atoms with E-state index in [0.29, 0.717) is 30.0 Å². The number of anilines is 1. The van der Waals surface area contributed by atoms with Crippen molar-refractivity contribution in [2.24, 2.45) is 0 Å². The van der Waals surface area contributed by atoms with Gasteiger partial charge in [-0.15, -0.1) is 0 Å². The van der Waals surface area contributed by atoms with E-state index in [4.69, 9.17) is 14.3 Å². The largest absolute Gasteiger partial charge is 0.382 e. The Kier molecular flexibility index (Phi) is 6.53. The molecule has 2 aromatic carbocycles. The Bertz CT molecular complexity index is 634. The first-order valence-electron chi connectivity index (χ1n) is 7.08. The smallest absolute Gasteiger partial charge is 0.362 e. The summed E-state index contributed by atoms with van der Waals surface area (Å²) < 4.78 is 24.0. The van der Waals surface area contributed by atoms with E-state index in [-0.39, 0.29) is 6.61 Å². The molecule has 23 heavy (non-hydrogen) atoms. The molecule has 0 saturated heterocycles. The van der Waals surface area contributed by atoms with Gasteiger partial charge >= 0.3 is 5.97 Å². The van der Waals surface area contributed by atoms with Crippen molar-refractivity contribution in [1.82, 2.24) is 0 Å². The van der Waals surface area contributed by atoms with E-state index in [9.17, 15) is 9.18 Å². The third kappa shape index (κ3) is 5.36. The third-order valence-corrected chi connectivity index (χ3v) is 3.01. The first-order valence-corrected chi connectivity index (χ1v) is 7.08. The minimum absolute atomic E-state index is 0.152. The Morgan fingerprint density at radius 3 is 2.61 bits per heavy atom. The number of benzene rings is 2. The van der Waals surface area contributed by atoms with Gasteiger partial charge in [0.15, 0.2) is 0 Å². The molecule has 5 nitrogen and oxygen atoms in total. The predicted octanol–water partition coefficient (Wildman–Crippen LogP) is 3.17. The average Bonchev–Trinajstić information content (AvgIpc) is 2.59.